The molecule has 0 aliphatic carbocycles. The van der Waals surface area contributed by atoms with Crippen LogP contribution >= 0.6 is 0 Å². The van der Waals surface area contributed by atoms with Crippen molar-refractivity contribution in [2.24, 2.45) is 11.5 Å². The maximum absolute atomic E-state index is 10.6. The van der Waals surface area contributed by atoms with E-state index in [1.54, 1.807) is 4.57 Å². The molecule has 0 spiro atoms. The number of unbranched alkanes of at least 4 members (excludes halogenated alkanes) is 2. The van der Waals surface area contributed by atoms with Gasteiger partial charge in [0.15, 0.2) is 17.7 Å². The van der Waals surface area contributed by atoms with Crippen molar-refractivity contribution in [3.05, 3.63) is 12.7 Å². The lowest BCUT2D eigenvalue weighted by Crippen LogP contribution is -2.43. The number of fused-ring (bicyclic) bond motifs is 1. The molecular weight excluding hydrogens is 388 g/mol. The van der Waals surface area contributed by atoms with Crippen LogP contribution in [0.3, 0.4) is 0 Å². The molecule has 1 unspecified atom stereocenters. The predicted molar refractivity (Wildman–Crippen MR) is 113 cm³/mol. The molecule has 5 atom stereocenters. The molecule has 3 rings (SSSR count). The van der Waals surface area contributed by atoms with Crippen molar-refractivity contribution < 1.29 is 14.9 Å². The third-order valence-corrected chi connectivity index (χ3v) is 5.83. The van der Waals surface area contributed by atoms with Gasteiger partial charge in [-0.05, 0) is 39.4 Å². The highest BCUT2D eigenvalue weighted by Gasteiger charge is 2.45. The smallest absolute Gasteiger partial charge is 0.167 e. The van der Waals surface area contributed by atoms with Crippen LogP contribution in [-0.4, -0.2) is 85.7 Å². The minimum absolute atomic E-state index is 0.252. The van der Waals surface area contributed by atoms with Gasteiger partial charge >= 0.3 is 0 Å². The second-order valence-electron chi connectivity index (χ2n) is 7.94. The molecule has 168 valence electrons. The topological polar surface area (TPSA) is 175 Å². The number of nitrogen functional groups attached to an aromatic ring is 1. The lowest BCUT2D eigenvalue weighted by atomic mass is 10.0. The lowest BCUT2D eigenvalue weighted by molar-refractivity contribution is -0.0458. The molecule has 0 aromatic carbocycles. The molecule has 11 nitrogen and oxygen atoms in total. The summed E-state index contributed by atoms with van der Waals surface area (Å²) in [5, 5.41) is 21.3. The highest BCUT2D eigenvalue weighted by Crippen LogP contribution is 2.32. The van der Waals surface area contributed by atoms with Gasteiger partial charge in [-0.25, -0.2) is 15.0 Å². The molecule has 1 aliphatic rings. The largest absolute Gasteiger partial charge is 0.387 e. The van der Waals surface area contributed by atoms with E-state index in [1.807, 2.05) is 7.05 Å². The van der Waals surface area contributed by atoms with Gasteiger partial charge in [-0.3, -0.25) is 4.57 Å². The first kappa shape index (κ1) is 22.8. The summed E-state index contributed by atoms with van der Waals surface area (Å²) < 4.78 is 7.64. The minimum Gasteiger partial charge on any atom is -0.387 e. The van der Waals surface area contributed by atoms with Gasteiger partial charge in [-0.15, -0.1) is 0 Å². The zero-order chi connectivity index (χ0) is 21.7. The number of nitrogens with two attached hydrogens (primary N) is 3. The minimum atomic E-state index is -1.12. The molecule has 1 aliphatic heterocycles. The second-order valence-corrected chi connectivity index (χ2v) is 7.94. The number of hydrogen-bond donors (Lipinski definition) is 5. The molecule has 2 aromatic heterocycles. The molecule has 3 heterocycles. The van der Waals surface area contributed by atoms with E-state index in [-0.39, 0.29) is 11.9 Å². The molecule has 2 aromatic rings. The van der Waals surface area contributed by atoms with E-state index in [2.05, 4.69) is 19.9 Å². The van der Waals surface area contributed by atoms with E-state index in [1.165, 1.54) is 12.7 Å². The molecule has 1 fully saturated rings. The zero-order valence-corrected chi connectivity index (χ0v) is 17.5. The molecule has 8 N–H and O–H groups in total. The fourth-order valence-corrected chi connectivity index (χ4v) is 4.08. The quantitative estimate of drug-likeness (QED) is 0.288. The molecule has 0 bridgehead atoms. The Morgan fingerprint density at radius 1 is 1.10 bits per heavy atom. The summed E-state index contributed by atoms with van der Waals surface area (Å²) in [6.45, 7) is 1.77. The Morgan fingerprint density at radius 3 is 2.63 bits per heavy atom. The van der Waals surface area contributed by atoms with Crippen molar-refractivity contribution in [2.45, 2.75) is 62.7 Å². The summed E-state index contributed by atoms with van der Waals surface area (Å²) in [7, 11) is 2.00. The molecule has 30 heavy (non-hydrogen) atoms. The van der Waals surface area contributed by atoms with E-state index in [0.717, 1.165) is 32.1 Å². The number of anilines is 1. The first-order valence-electron chi connectivity index (χ1n) is 10.5. The SMILES string of the molecule is CN(C[C@H]1O[C@@H](n2cnc3c(N)ncnc32)[C@H](O)[C@@H]1O)C(CCN)CCCCCN. The Labute approximate surface area is 176 Å². The second kappa shape index (κ2) is 10.4. The summed E-state index contributed by atoms with van der Waals surface area (Å²) in [4.78, 5) is 14.5. The monoisotopic (exact) mass is 422 g/mol. The average Bonchev–Trinajstić information content (AvgIpc) is 3.28. The average molecular weight is 423 g/mol. The summed E-state index contributed by atoms with van der Waals surface area (Å²) in [5.74, 6) is 0.252. The maximum atomic E-state index is 10.6. The third kappa shape index (κ3) is 4.88. The number of imidazole rings is 1. The predicted octanol–water partition coefficient (Wildman–Crippen LogP) is -0.804. The van der Waals surface area contributed by atoms with Crippen LogP contribution in [0.15, 0.2) is 12.7 Å². The third-order valence-electron chi connectivity index (χ3n) is 5.83. The normalized spacial score (nSPS) is 25.4. The highest BCUT2D eigenvalue weighted by atomic mass is 16.6. The van der Waals surface area contributed by atoms with Gasteiger partial charge in [-0.1, -0.05) is 12.8 Å². The van der Waals surface area contributed by atoms with Gasteiger partial charge in [0.25, 0.3) is 0 Å². The fraction of sp³-hybridized carbons (Fsp3) is 0.737. The van der Waals surface area contributed by atoms with Gasteiger partial charge in [0.2, 0.25) is 0 Å². The van der Waals surface area contributed by atoms with Crippen LogP contribution in [0.25, 0.3) is 11.2 Å². The Morgan fingerprint density at radius 2 is 1.90 bits per heavy atom. The van der Waals surface area contributed by atoms with Crippen molar-refractivity contribution in [2.75, 3.05) is 32.4 Å². The Hall–Kier alpha value is -1.89. The van der Waals surface area contributed by atoms with Gasteiger partial charge in [-0.2, -0.15) is 0 Å². The molecule has 11 heteroatoms. The number of hydrogen-bond acceptors (Lipinski definition) is 10. The molecule has 0 saturated carbocycles. The lowest BCUT2D eigenvalue weighted by Gasteiger charge is -2.30. The van der Waals surface area contributed by atoms with E-state index < -0.39 is 24.5 Å². The fourth-order valence-electron chi connectivity index (χ4n) is 4.08. The molecular formula is C19H34N8O3. The maximum Gasteiger partial charge on any atom is 0.167 e. The van der Waals surface area contributed by atoms with Crippen molar-refractivity contribution >= 4 is 17.0 Å². The van der Waals surface area contributed by atoms with E-state index >= 15 is 0 Å². The number of aromatic nitrogens is 4. The number of nitrogens with zero attached hydrogens (tertiary/aromatic N) is 5. The van der Waals surface area contributed by atoms with Gasteiger partial charge in [0.05, 0.1) is 6.33 Å². The van der Waals surface area contributed by atoms with Gasteiger partial charge in [0, 0.05) is 12.6 Å². The van der Waals surface area contributed by atoms with Crippen molar-refractivity contribution in [3.63, 3.8) is 0 Å². The summed E-state index contributed by atoms with van der Waals surface area (Å²) in [5.41, 5.74) is 18.1. The summed E-state index contributed by atoms with van der Waals surface area (Å²) in [6.07, 6.45) is 4.36. The van der Waals surface area contributed by atoms with Crippen molar-refractivity contribution in [3.8, 4) is 0 Å². The van der Waals surface area contributed by atoms with Crippen LogP contribution in [0.2, 0.25) is 0 Å². The zero-order valence-electron chi connectivity index (χ0n) is 17.5. The van der Waals surface area contributed by atoms with Crippen LogP contribution in [0.1, 0.15) is 38.3 Å². The number of aliphatic hydroxyl groups is 2. The Bertz CT molecular complexity index is 803. The van der Waals surface area contributed by atoms with Gasteiger partial charge < -0.3 is 37.1 Å². The summed E-state index contributed by atoms with van der Waals surface area (Å²) in [6, 6.07) is 0.279. The van der Waals surface area contributed by atoms with Crippen LogP contribution in [0.5, 0.6) is 0 Å². The first-order valence-corrected chi connectivity index (χ1v) is 10.5. The van der Waals surface area contributed by atoms with Gasteiger partial charge in [0.1, 0.15) is 30.2 Å². The molecule has 1 saturated heterocycles. The van der Waals surface area contributed by atoms with E-state index in [9.17, 15) is 10.2 Å². The van der Waals surface area contributed by atoms with Crippen molar-refractivity contribution in [1.82, 2.24) is 24.4 Å². The Kier molecular flexibility index (Phi) is 7.92. The standard InChI is InChI=1S/C19H34N8O3/c1-26(12(6-8-21)5-3-2-4-7-20)9-13-15(28)16(29)19(30-13)27-11-25-14-17(22)23-10-24-18(14)27/h10-13,15-16,19,28-29H,2-9,20-21H2,1H3,(H2,22,23,24)/t12?,13-,15-,16-,19-/m1/s1. The number of rotatable bonds is 11. The van der Waals surface area contributed by atoms with E-state index in [0.29, 0.717) is 30.8 Å². The van der Waals surface area contributed by atoms with Crippen LogP contribution in [-0.2, 0) is 4.74 Å². The van der Waals surface area contributed by atoms with E-state index in [4.69, 9.17) is 21.9 Å². The number of likely N-dealkylation sites (N-methyl/N-ethyl adjacent to an activating group) is 1. The molecule has 0 amide bonds. The van der Waals surface area contributed by atoms with Crippen LogP contribution in [0.4, 0.5) is 5.82 Å². The number of aliphatic hydroxyl groups excluding tert-OH is 2. The Balaban J connectivity index is 1.67. The van der Waals surface area contributed by atoms with Crippen LogP contribution in [0, 0.1) is 0 Å². The molecule has 0 radical (unpaired) electrons. The van der Waals surface area contributed by atoms with Crippen LogP contribution < -0.4 is 17.2 Å². The van der Waals surface area contributed by atoms with Crippen molar-refractivity contribution in [1.29, 1.82) is 0 Å². The summed E-state index contributed by atoms with van der Waals surface area (Å²) >= 11 is 0. The first-order chi connectivity index (χ1) is 14.5. The number of ether oxygens (including phenoxy) is 1. The highest BCUT2D eigenvalue weighted by molar-refractivity contribution is 5.81.